The number of hydrogen-bond donors (Lipinski definition) is 0. The molecule has 0 saturated heterocycles. The number of esters is 1. The van der Waals surface area contributed by atoms with E-state index in [2.05, 4.69) is 10.2 Å². The van der Waals surface area contributed by atoms with Crippen LogP contribution in [0.2, 0.25) is 5.02 Å². The smallest absolute Gasteiger partial charge is 0.375 e. The van der Waals surface area contributed by atoms with Crippen molar-refractivity contribution in [3.05, 3.63) is 70.5 Å². The minimum absolute atomic E-state index is 0.0855. The summed E-state index contributed by atoms with van der Waals surface area (Å²) in [6.45, 7) is 3.36. The van der Waals surface area contributed by atoms with Gasteiger partial charge in [0.05, 0.1) is 0 Å². The Morgan fingerprint density at radius 1 is 1.14 bits per heavy atom. The van der Waals surface area contributed by atoms with Gasteiger partial charge in [0.2, 0.25) is 11.7 Å². The Bertz CT molecular complexity index is 1170. The number of furan rings is 1. The quantitative estimate of drug-likeness (QED) is 0.421. The number of hydrogen-bond acceptors (Lipinski definition) is 6. The Morgan fingerprint density at radius 2 is 1.89 bits per heavy atom. The molecular formula is C20H14ClFN2O4. The van der Waals surface area contributed by atoms with Gasteiger partial charge in [-0.2, -0.15) is 0 Å². The maximum Gasteiger partial charge on any atom is 0.375 e. The molecule has 0 saturated carbocycles. The Morgan fingerprint density at radius 3 is 2.64 bits per heavy atom. The first-order valence-electron chi connectivity index (χ1n) is 8.41. The van der Waals surface area contributed by atoms with Gasteiger partial charge in [-0.3, -0.25) is 0 Å². The average Bonchev–Trinajstić information content (AvgIpc) is 3.28. The number of carbonyl (C=O) groups excluding carboxylic acids is 1. The third kappa shape index (κ3) is 3.36. The number of fused-ring (bicyclic) bond motifs is 1. The lowest BCUT2D eigenvalue weighted by Gasteiger charge is -2.08. The summed E-state index contributed by atoms with van der Waals surface area (Å²) in [4.78, 5) is 12.5. The van der Waals surface area contributed by atoms with Crippen LogP contribution in [-0.4, -0.2) is 16.2 Å². The first kappa shape index (κ1) is 18.2. The third-order valence-corrected chi connectivity index (χ3v) is 4.48. The zero-order valence-electron chi connectivity index (χ0n) is 14.9. The molecule has 1 atom stereocenters. The zero-order chi connectivity index (χ0) is 19.8. The minimum Gasteiger partial charge on any atom is -0.449 e. The SMILES string of the molecule is Cc1c(C(=O)O[C@@H](C)c2nnc(-c3ccc(F)cc3)o2)oc2ccc(Cl)cc12. The van der Waals surface area contributed by atoms with Crippen molar-refractivity contribution < 1.29 is 22.8 Å². The largest absolute Gasteiger partial charge is 0.449 e. The van der Waals surface area contributed by atoms with Gasteiger partial charge in [0.15, 0.2) is 6.10 Å². The molecule has 4 rings (SSSR count). The fraction of sp³-hybridized carbons (Fsp3) is 0.150. The Hall–Kier alpha value is -3.19. The predicted octanol–water partition coefficient (Wildman–Crippen LogP) is 5.50. The summed E-state index contributed by atoms with van der Waals surface area (Å²) in [5, 5.41) is 9.10. The molecule has 2 aromatic heterocycles. The van der Waals surface area contributed by atoms with Crippen molar-refractivity contribution in [1.29, 1.82) is 0 Å². The fourth-order valence-electron chi connectivity index (χ4n) is 2.76. The van der Waals surface area contributed by atoms with Crippen molar-refractivity contribution in [2.24, 2.45) is 0 Å². The van der Waals surface area contributed by atoms with Crippen molar-refractivity contribution >= 4 is 28.5 Å². The molecule has 0 spiro atoms. The fourth-order valence-corrected chi connectivity index (χ4v) is 2.93. The number of carbonyl (C=O) groups is 1. The van der Waals surface area contributed by atoms with E-state index in [4.69, 9.17) is 25.2 Å². The Kier molecular flexibility index (Phi) is 4.60. The number of rotatable bonds is 4. The molecule has 28 heavy (non-hydrogen) atoms. The Balaban J connectivity index is 1.54. The summed E-state index contributed by atoms with van der Waals surface area (Å²) in [5.74, 6) is -0.619. The molecule has 0 fully saturated rings. The molecule has 2 heterocycles. The van der Waals surface area contributed by atoms with Crippen molar-refractivity contribution in [3.63, 3.8) is 0 Å². The number of halogens is 2. The van der Waals surface area contributed by atoms with Gasteiger partial charge in [0, 0.05) is 21.5 Å². The second-order valence-corrected chi connectivity index (χ2v) is 6.63. The molecule has 0 unspecified atom stereocenters. The number of aromatic nitrogens is 2. The van der Waals surface area contributed by atoms with Gasteiger partial charge in [0.1, 0.15) is 11.4 Å². The molecule has 0 aliphatic carbocycles. The number of ether oxygens (including phenoxy) is 1. The summed E-state index contributed by atoms with van der Waals surface area (Å²) in [6, 6.07) is 10.7. The van der Waals surface area contributed by atoms with Crippen molar-refractivity contribution in [3.8, 4) is 11.5 Å². The van der Waals surface area contributed by atoms with Crippen LogP contribution in [0.25, 0.3) is 22.4 Å². The van der Waals surface area contributed by atoms with Crippen LogP contribution < -0.4 is 0 Å². The maximum atomic E-state index is 13.0. The van der Waals surface area contributed by atoms with E-state index in [1.54, 1.807) is 32.0 Å². The van der Waals surface area contributed by atoms with Crippen LogP contribution in [0.1, 0.15) is 35.0 Å². The van der Waals surface area contributed by atoms with E-state index in [1.807, 2.05) is 0 Å². The summed E-state index contributed by atoms with van der Waals surface area (Å²) in [6.07, 6.45) is -0.801. The number of aryl methyl sites for hydroxylation is 1. The second-order valence-electron chi connectivity index (χ2n) is 6.20. The molecule has 0 bridgehead atoms. The standard InChI is InChI=1S/C20H14ClFN2O4/c1-10-15-9-13(21)5-8-16(15)27-17(10)20(25)26-11(2)18-23-24-19(28-18)12-3-6-14(22)7-4-12/h3-9,11H,1-2H3/t11-/m0/s1. The van der Waals surface area contributed by atoms with Gasteiger partial charge < -0.3 is 13.6 Å². The van der Waals surface area contributed by atoms with Gasteiger partial charge >= 0.3 is 5.97 Å². The van der Waals surface area contributed by atoms with Crippen LogP contribution in [0.4, 0.5) is 4.39 Å². The van der Waals surface area contributed by atoms with Crippen LogP contribution in [0.15, 0.2) is 51.3 Å². The van der Waals surface area contributed by atoms with Crippen LogP contribution in [0, 0.1) is 12.7 Å². The lowest BCUT2D eigenvalue weighted by atomic mass is 10.1. The highest BCUT2D eigenvalue weighted by Gasteiger charge is 2.24. The molecule has 0 radical (unpaired) electrons. The van der Waals surface area contributed by atoms with Crippen LogP contribution >= 0.6 is 11.6 Å². The van der Waals surface area contributed by atoms with Gasteiger partial charge in [-0.25, -0.2) is 9.18 Å². The average molecular weight is 401 g/mol. The molecule has 6 nitrogen and oxygen atoms in total. The molecular weight excluding hydrogens is 387 g/mol. The zero-order valence-corrected chi connectivity index (χ0v) is 15.7. The molecule has 0 amide bonds. The number of nitrogens with zero attached hydrogens (tertiary/aromatic N) is 2. The van der Waals surface area contributed by atoms with Gasteiger partial charge in [-0.1, -0.05) is 11.6 Å². The highest BCUT2D eigenvalue weighted by Crippen LogP contribution is 2.30. The van der Waals surface area contributed by atoms with E-state index < -0.39 is 12.1 Å². The van der Waals surface area contributed by atoms with Crippen LogP contribution in [0.5, 0.6) is 0 Å². The molecule has 4 aromatic rings. The molecule has 8 heteroatoms. The Labute approximate surface area is 163 Å². The summed E-state index contributed by atoms with van der Waals surface area (Å²) < 4.78 is 29.6. The van der Waals surface area contributed by atoms with Gasteiger partial charge in [-0.05, 0) is 56.3 Å². The highest BCUT2D eigenvalue weighted by molar-refractivity contribution is 6.31. The second kappa shape index (κ2) is 7.09. The number of benzene rings is 2. The summed E-state index contributed by atoms with van der Waals surface area (Å²) >= 11 is 6.00. The first-order chi connectivity index (χ1) is 13.4. The summed E-state index contributed by atoms with van der Waals surface area (Å²) in [5.41, 5.74) is 1.73. The highest BCUT2D eigenvalue weighted by atomic mass is 35.5. The summed E-state index contributed by atoms with van der Waals surface area (Å²) in [7, 11) is 0. The third-order valence-electron chi connectivity index (χ3n) is 4.25. The van der Waals surface area contributed by atoms with Crippen LogP contribution in [-0.2, 0) is 4.74 Å². The monoisotopic (exact) mass is 400 g/mol. The topological polar surface area (TPSA) is 78.4 Å². The van der Waals surface area contributed by atoms with Gasteiger partial charge in [-0.15, -0.1) is 10.2 Å². The van der Waals surface area contributed by atoms with E-state index >= 15 is 0 Å². The first-order valence-corrected chi connectivity index (χ1v) is 8.79. The normalized spacial score (nSPS) is 12.3. The lowest BCUT2D eigenvalue weighted by Crippen LogP contribution is -2.09. The molecule has 2 aromatic carbocycles. The molecule has 0 aliphatic rings. The minimum atomic E-state index is -0.801. The molecule has 142 valence electrons. The molecule has 0 N–H and O–H groups in total. The van der Waals surface area contributed by atoms with Crippen molar-refractivity contribution in [1.82, 2.24) is 10.2 Å². The van der Waals surface area contributed by atoms with Crippen molar-refractivity contribution in [2.75, 3.05) is 0 Å². The van der Waals surface area contributed by atoms with E-state index in [-0.39, 0.29) is 23.4 Å². The van der Waals surface area contributed by atoms with E-state index in [0.717, 1.165) is 5.39 Å². The van der Waals surface area contributed by atoms with E-state index in [9.17, 15) is 9.18 Å². The van der Waals surface area contributed by atoms with E-state index in [1.165, 1.54) is 24.3 Å². The molecule has 0 aliphatic heterocycles. The predicted molar refractivity (Wildman–Crippen MR) is 99.5 cm³/mol. The van der Waals surface area contributed by atoms with E-state index in [0.29, 0.717) is 21.7 Å². The maximum absolute atomic E-state index is 13.0. The van der Waals surface area contributed by atoms with Crippen LogP contribution in [0.3, 0.4) is 0 Å². The van der Waals surface area contributed by atoms with Crippen molar-refractivity contribution in [2.45, 2.75) is 20.0 Å². The lowest BCUT2D eigenvalue weighted by molar-refractivity contribution is 0.0245. The van der Waals surface area contributed by atoms with Gasteiger partial charge in [0.25, 0.3) is 5.89 Å².